The average molecular weight is 282 g/mol. The highest BCUT2D eigenvalue weighted by molar-refractivity contribution is 6.63. The first kappa shape index (κ1) is 20.7. The lowest BCUT2D eigenvalue weighted by atomic mass is 10.8. The molecule has 0 aliphatic heterocycles. The number of esters is 1. The molecule has 3 nitrogen and oxygen atoms in total. The molecule has 0 N–H and O–H groups in total. The van der Waals surface area contributed by atoms with Gasteiger partial charge in [0.2, 0.25) is 0 Å². The second-order valence-electron chi connectivity index (χ2n) is 1.95. The number of ether oxygens (including phenoxy) is 2. The van der Waals surface area contributed by atoms with Crippen molar-refractivity contribution in [3.8, 4) is 0 Å². The summed E-state index contributed by atoms with van der Waals surface area (Å²) in [7, 11) is 0. The smallest absolute Gasteiger partial charge is 0.302 e. The molecule has 0 bridgehead atoms. The number of carbonyl (C=O) groups is 1. The molecular formula is C9H19Cl3O3. The summed E-state index contributed by atoms with van der Waals surface area (Å²) >= 11 is 14.4. The molecule has 0 aliphatic rings. The molecule has 0 aromatic rings. The van der Waals surface area contributed by atoms with E-state index in [1.807, 2.05) is 13.8 Å². The Labute approximate surface area is 107 Å². The van der Waals surface area contributed by atoms with E-state index < -0.39 is 4.30 Å². The Morgan fingerprint density at radius 3 is 1.40 bits per heavy atom. The van der Waals surface area contributed by atoms with Crippen molar-refractivity contribution < 1.29 is 14.3 Å². The molecule has 94 valence electrons. The van der Waals surface area contributed by atoms with E-state index in [0.717, 1.165) is 13.2 Å². The molecule has 6 heteroatoms. The highest BCUT2D eigenvalue weighted by Gasteiger charge is 1.81. The number of alkyl halides is 3. The van der Waals surface area contributed by atoms with Gasteiger partial charge in [0.1, 0.15) is 0 Å². The topological polar surface area (TPSA) is 35.5 Å². The van der Waals surface area contributed by atoms with Gasteiger partial charge in [0, 0.05) is 20.1 Å². The van der Waals surface area contributed by atoms with Gasteiger partial charge in [0.15, 0.2) is 4.30 Å². The van der Waals surface area contributed by atoms with Gasteiger partial charge in [-0.3, -0.25) is 4.79 Å². The van der Waals surface area contributed by atoms with Gasteiger partial charge < -0.3 is 9.47 Å². The maximum atomic E-state index is 9.82. The lowest BCUT2D eigenvalue weighted by Crippen LogP contribution is -1.95. The van der Waals surface area contributed by atoms with Crippen LogP contribution in [-0.2, 0) is 14.3 Å². The van der Waals surface area contributed by atoms with E-state index in [-0.39, 0.29) is 5.97 Å². The molecule has 0 saturated heterocycles. The Hall–Kier alpha value is 0.300. The second kappa shape index (κ2) is 19.8. The molecule has 0 radical (unpaired) electrons. The quantitative estimate of drug-likeness (QED) is 0.586. The van der Waals surface area contributed by atoms with Crippen LogP contribution in [0.1, 0.15) is 27.7 Å². The van der Waals surface area contributed by atoms with Crippen LogP contribution in [0.3, 0.4) is 0 Å². The van der Waals surface area contributed by atoms with Crippen LogP contribution in [0.2, 0.25) is 0 Å². The zero-order chi connectivity index (χ0) is 12.7. The number of halogens is 3. The van der Waals surface area contributed by atoms with Crippen molar-refractivity contribution in [2.24, 2.45) is 0 Å². The fourth-order valence-corrected chi connectivity index (χ4v) is 0.407. The molecule has 0 amide bonds. The summed E-state index contributed by atoms with van der Waals surface area (Å²) in [5.41, 5.74) is 0. The van der Waals surface area contributed by atoms with E-state index in [1.165, 1.54) is 6.92 Å². The van der Waals surface area contributed by atoms with Crippen molar-refractivity contribution in [1.82, 2.24) is 0 Å². The van der Waals surface area contributed by atoms with Gasteiger partial charge in [-0.25, -0.2) is 0 Å². The average Bonchev–Trinajstić information content (AvgIpc) is 2.05. The van der Waals surface area contributed by atoms with Crippen LogP contribution in [0.4, 0.5) is 0 Å². The number of carbonyl (C=O) groups excluding carboxylic acids is 1. The van der Waals surface area contributed by atoms with Crippen LogP contribution in [0.15, 0.2) is 0 Å². The summed E-state index contributed by atoms with van der Waals surface area (Å²) in [5.74, 6) is -0.211. The third kappa shape index (κ3) is 77.0. The Kier molecular flexibility index (Phi) is 27.3. The van der Waals surface area contributed by atoms with Crippen molar-refractivity contribution in [3.05, 3.63) is 0 Å². The molecule has 0 aromatic heterocycles. The van der Waals surface area contributed by atoms with Crippen molar-refractivity contribution in [3.63, 3.8) is 0 Å². The maximum Gasteiger partial charge on any atom is 0.302 e. The van der Waals surface area contributed by atoms with E-state index in [4.69, 9.17) is 39.5 Å². The first-order valence-corrected chi connectivity index (χ1v) is 5.86. The summed E-state index contributed by atoms with van der Waals surface area (Å²) < 4.78 is 8.49. The Bertz CT molecular complexity index is 116. The van der Waals surface area contributed by atoms with Crippen LogP contribution >= 0.6 is 34.8 Å². The van der Waals surface area contributed by atoms with Crippen LogP contribution < -0.4 is 0 Å². The highest BCUT2D eigenvalue weighted by atomic mass is 35.6. The van der Waals surface area contributed by atoms with Crippen LogP contribution in [-0.4, -0.2) is 30.1 Å². The van der Waals surface area contributed by atoms with Gasteiger partial charge in [-0.05, 0) is 20.8 Å². The molecule has 0 aliphatic carbocycles. The van der Waals surface area contributed by atoms with E-state index in [2.05, 4.69) is 4.74 Å². The Morgan fingerprint density at radius 2 is 1.40 bits per heavy atom. The molecule has 0 fully saturated rings. The minimum atomic E-state index is -0.750. The second-order valence-corrected chi connectivity index (χ2v) is 3.93. The van der Waals surface area contributed by atoms with Gasteiger partial charge in [-0.1, -0.05) is 34.8 Å². The van der Waals surface area contributed by atoms with Crippen LogP contribution in [0.25, 0.3) is 0 Å². The standard InChI is InChI=1S/C4H8O2.C4H10O.CHCl3/c1-3-6-4(2)5;1-3-5-4-2;2-1(3)4/h3H2,1-2H3;3-4H2,1-2H3;1H. The molecule has 15 heavy (non-hydrogen) atoms. The zero-order valence-electron chi connectivity index (χ0n) is 9.56. The number of hydrogen-bond acceptors (Lipinski definition) is 3. The molecule has 0 rings (SSSR count). The summed E-state index contributed by atoms with van der Waals surface area (Å²) in [6.45, 7) is 9.32. The molecule has 0 unspecified atom stereocenters. The lowest BCUT2D eigenvalue weighted by Gasteiger charge is -1.89. The highest BCUT2D eigenvalue weighted by Crippen LogP contribution is 2.03. The lowest BCUT2D eigenvalue weighted by molar-refractivity contribution is -0.140. The third-order valence-corrected chi connectivity index (χ3v) is 0.756. The number of hydrogen-bond donors (Lipinski definition) is 0. The van der Waals surface area contributed by atoms with Crippen molar-refractivity contribution in [1.29, 1.82) is 0 Å². The fraction of sp³-hybridized carbons (Fsp3) is 0.889. The van der Waals surface area contributed by atoms with Crippen molar-refractivity contribution >= 4 is 40.8 Å². The predicted molar refractivity (Wildman–Crippen MR) is 65.8 cm³/mol. The van der Waals surface area contributed by atoms with E-state index in [9.17, 15) is 4.79 Å². The van der Waals surface area contributed by atoms with Gasteiger partial charge in [-0.2, -0.15) is 0 Å². The zero-order valence-corrected chi connectivity index (χ0v) is 11.8. The van der Waals surface area contributed by atoms with Gasteiger partial charge in [0.05, 0.1) is 6.61 Å². The van der Waals surface area contributed by atoms with Gasteiger partial charge in [0.25, 0.3) is 0 Å². The Morgan fingerprint density at radius 1 is 1.07 bits per heavy atom. The molecule has 0 saturated carbocycles. The minimum absolute atomic E-state index is 0.211. The predicted octanol–water partition coefficient (Wildman–Crippen LogP) is 3.60. The SMILES string of the molecule is CCOC(C)=O.CCOCC.ClC(Cl)Cl. The van der Waals surface area contributed by atoms with Crippen LogP contribution in [0.5, 0.6) is 0 Å². The number of rotatable bonds is 3. The summed E-state index contributed by atoms with van der Waals surface area (Å²) in [6, 6.07) is 0. The van der Waals surface area contributed by atoms with Crippen molar-refractivity contribution in [2.75, 3.05) is 19.8 Å². The van der Waals surface area contributed by atoms with E-state index in [0.29, 0.717) is 6.61 Å². The van der Waals surface area contributed by atoms with E-state index in [1.54, 1.807) is 6.92 Å². The van der Waals surface area contributed by atoms with Gasteiger partial charge >= 0.3 is 5.97 Å². The van der Waals surface area contributed by atoms with Crippen LogP contribution in [0, 0.1) is 0 Å². The monoisotopic (exact) mass is 280 g/mol. The summed E-state index contributed by atoms with van der Waals surface area (Å²) in [5, 5.41) is 0. The maximum absolute atomic E-state index is 9.82. The molecule has 0 heterocycles. The summed E-state index contributed by atoms with van der Waals surface area (Å²) in [4.78, 5) is 9.82. The fourth-order valence-electron chi connectivity index (χ4n) is 0.407. The van der Waals surface area contributed by atoms with E-state index >= 15 is 0 Å². The largest absolute Gasteiger partial charge is 0.466 e. The van der Waals surface area contributed by atoms with Gasteiger partial charge in [-0.15, -0.1) is 0 Å². The van der Waals surface area contributed by atoms with Crippen molar-refractivity contribution in [2.45, 2.75) is 32.0 Å². The Balaban J connectivity index is -0.000000147. The molecule has 0 aromatic carbocycles. The third-order valence-electron chi connectivity index (χ3n) is 0.756. The molecular weight excluding hydrogens is 262 g/mol. The summed E-state index contributed by atoms with van der Waals surface area (Å²) in [6.07, 6.45) is 0. The molecule has 0 atom stereocenters. The first-order chi connectivity index (χ1) is 6.92. The first-order valence-electron chi connectivity index (χ1n) is 4.55. The molecule has 0 spiro atoms. The minimum Gasteiger partial charge on any atom is -0.466 e. The normalized spacial score (nSPS) is 8.27.